The van der Waals surface area contributed by atoms with Crippen LogP contribution in [0.25, 0.3) is 0 Å². The van der Waals surface area contributed by atoms with Crippen LogP contribution in [-0.4, -0.2) is 6.54 Å². The lowest BCUT2D eigenvalue weighted by molar-refractivity contribution is 0.346. The molecule has 1 unspecified atom stereocenters. The van der Waals surface area contributed by atoms with E-state index in [1.165, 1.54) is 18.4 Å². The van der Waals surface area contributed by atoms with Crippen molar-refractivity contribution >= 4 is 0 Å². The van der Waals surface area contributed by atoms with Crippen LogP contribution in [0.3, 0.4) is 0 Å². The molecule has 1 atom stereocenters. The fraction of sp³-hybridized carbons (Fsp3) is 0.444. The predicted molar refractivity (Wildman–Crippen MR) is 81.9 cm³/mol. The van der Waals surface area contributed by atoms with Crippen molar-refractivity contribution in [2.45, 2.75) is 44.6 Å². The first-order chi connectivity index (χ1) is 9.80. The number of likely N-dealkylation sites (N-methyl/N-ethyl adjacent to an activating group) is 1. The first-order valence-corrected chi connectivity index (χ1v) is 7.67. The molecule has 0 amide bonds. The quantitative estimate of drug-likeness (QED) is 0.849. The summed E-state index contributed by atoms with van der Waals surface area (Å²) < 4.78 is 6.03. The molecule has 1 aliphatic rings. The van der Waals surface area contributed by atoms with Crippen LogP contribution in [-0.2, 0) is 11.8 Å². The highest BCUT2D eigenvalue weighted by molar-refractivity contribution is 5.36. The smallest absolute Gasteiger partial charge is 0.122 e. The lowest BCUT2D eigenvalue weighted by Crippen LogP contribution is -2.31. The molecule has 1 aliphatic carbocycles. The van der Waals surface area contributed by atoms with E-state index in [-0.39, 0.29) is 11.5 Å². The van der Waals surface area contributed by atoms with E-state index in [2.05, 4.69) is 61.6 Å². The van der Waals surface area contributed by atoms with Crippen molar-refractivity contribution in [3.05, 3.63) is 59.5 Å². The highest BCUT2D eigenvalue weighted by atomic mass is 16.3. The Morgan fingerprint density at radius 3 is 2.40 bits per heavy atom. The molecule has 1 aromatic carbocycles. The van der Waals surface area contributed by atoms with Gasteiger partial charge < -0.3 is 9.73 Å². The van der Waals surface area contributed by atoms with E-state index < -0.39 is 0 Å². The Balaban J connectivity index is 1.94. The Bertz CT molecular complexity index is 554. The molecule has 1 fully saturated rings. The van der Waals surface area contributed by atoms with Gasteiger partial charge in [0.2, 0.25) is 0 Å². The summed E-state index contributed by atoms with van der Waals surface area (Å²) in [6.45, 7) is 5.26. The van der Waals surface area contributed by atoms with Crippen LogP contribution in [0.15, 0.2) is 46.9 Å². The highest BCUT2D eigenvalue weighted by Crippen LogP contribution is 2.56. The van der Waals surface area contributed by atoms with Gasteiger partial charge in [-0.25, -0.2) is 0 Å². The Morgan fingerprint density at radius 1 is 1.10 bits per heavy atom. The first-order valence-electron chi connectivity index (χ1n) is 7.67. The molecule has 0 spiro atoms. The summed E-state index contributed by atoms with van der Waals surface area (Å²) in [7, 11) is 0. The molecule has 0 bridgehead atoms. The monoisotopic (exact) mass is 269 g/mol. The van der Waals surface area contributed by atoms with Gasteiger partial charge in [0.25, 0.3) is 0 Å². The molecular formula is C18H23NO. The molecule has 2 nitrogen and oxygen atoms in total. The van der Waals surface area contributed by atoms with Gasteiger partial charge >= 0.3 is 0 Å². The molecule has 106 valence electrons. The average molecular weight is 269 g/mol. The number of aryl methyl sites for hydroxylation is 1. The summed E-state index contributed by atoms with van der Waals surface area (Å²) in [6, 6.07) is 15.4. The molecule has 1 saturated carbocycles. The van der Waals surface area contributed by atoms with Crippen molar-refractivity contribution in [3.8, 4) is 0 Å². The second-order valence-corrected chi connectivity index (χ2v) is 5.67. The maximum Gasteiger partial charge on any atom is 0.122 e. The van der Waals surface area contributed by atoms with E-state index in [0.29, 0.717) is 0 Å². The first kappa shape index (κ1) is 13.4. The number of hydrogen-bond acceptors (Lipinski definition) is 2. The molecule has 0 radical (unpaired) electrons. The summed E-state index contributed by atoms with van der Waals surface area (Å²) in [6.07, 6.45) is 3.42. The van der Waals surface area contributed by atoms with Gasteiger partial charge in [-0.1, -0.05) is 44.2 Å². The van der Waals surface area contributed by atoms with Crippen LogP contribution >= 0.6 is 0 Å². The van der Waals surface area contributed by atoms with Gasteiger partial charge in [-0.3, -0.25) is 0 Å². The summed E-state index contributed by atoms with van der Waals surface area (Å²) >= 11 is 0. The summed E-state index contributed by atoms with van der Waals surface area (Å²) in [5.74, 6) is 2.16. The molecule has 2 heteroatoms. The number of furan rings is 1. The van der Waals surface area contributed by atoms with Gasteiger partial charge in [-0.2, -0.15) is 0 Å². The molecule has 20 heavy (non-hydrogen) atoms. The van der Waals surface area contributed by atoms with E-state index >= 15 is 0 Å². The summed E-state index contributed by atoms with van der Waals surface area (Å²) in [4.78, 5) is 0. The molecule has 1 aromatic heterocycles. The third-order valence-corrected chi connectivity index (χ3v) is 4.41. The maximum absolute atomic E-state index is 6.03. The van der Waals surface area contributed by atoms with Gasteiger partial charge in [-0.15, -0.1) is 0 Å². The van der Waals surface area contributed by atoms with Crippen LogP contribution in [0.5, 0.6) is 0 Å². The molecular weight excluding hydrogens is 246 g/mol. The third-order valence-electron chi connectivity index (χ3n) is 4.41. The summed E-state index contributed by atoms with van der Waals surface area (Å²) in [5, 5.41) is 3.64. The SMILES string of the molecule is CCNC(c1ccc(CC)o1)C1(c2ccccc2)CC1. The van der Waals surface area contributed by atoms with Crippen LogP contribution < -0.4 is 5.32 Å². The number of benzene rings is 1. The van der Waals surface area contributed by atoms with Crippen LogP contribution in [0.4, 0.5) is 0 Å². The molecule has 1 N–H and O–H groups in total. The largest absolute Gasteiger partial charge is 0.464 e. The molecule has 3 rings (SSSR count). The Morgan fingerprint density at radius 2 is 1.85 bits per heavy atom. The second-order valence-electron chi connectivity index (χ2n) is 5.67. The van der Waals surface area contributed by atoms with Gasteiger partial charge in [0.15, 0.2) is 0 Å². The molecule has 2 aromatic rings. The Kier molecular flexibility index (Phi) is 3.66. The fourth-order valence-electron chi connectivity index (χ4n) is 3.16. The minimum atomic E-state index is 0.222. The van der Waals surface area contributed by atoms with Crippen molar-refractivity contribution in [3.63, 3.8) is 0 Å². The highest BCUT2D eigenvalue weighted by Gasteiger charge is 2.52. The van der Waals surface area contributed by atoms with E-state index in [1.54, 1.807) is 0 Å². The van der Waals surface area contributed by atoms with Crippen LogP contribution in [0.1, 0.15) is 49.8 Å². The predicted octanol–water partition coefficient (Wildman–Crippen LogP) is 4.22. The lowest BCUT2D eigenvalue weighted by Gasteiger charge is -2.26. The van der Waals surface area contributed by atoms with Gasteiger partial charge in [0, 0.05) is 11.8 Å². The van der Waals surface area contributed by atoms with E-state index in [0.717, 1.165) is 24.5 Å². The zero-order valence-electron chi connectivity index (χ0n) is 12.4. The van der Waals surface area contributed by atoms with E-state index in [1.807, 2.05) is 0 Å². The Hall–Kier alpha value is -1.54. The average Bonchev–Trinajstić information content (AvgIpc) is 3.16. The minimum absolute atomic E-state index is 0.222. The van der Waals surface area contributed by atoms with Crippen molar-refractivity contribution in [1.82, 2.24) is 5.32 Å². The minimum Gasteiger partial charge on any atom is -0.464 e. The zero-order valence-corrected chi connectivity index (χ0v) is 12.4. The zero-order chi connectivity index (χ0) is 14.0. The van der Waals surface area contributed by atoms with E-state index in [4.69, 9.17) is 4.42 Å². The number of nitrogens with one attached hydrogen (secondary N) is 1. The van der Waals surface area contributed by atoms with Crippen LogP contribution in [0.2, 0.25) is 0 Å². The van der Waals surface area contributed by atoms with E-state index in [9.17, 15) is 0 Å². The third kappa shape index (κ3) is 2.29. The van der Waals surface area contributed by atoms with Gasteiger partial charge in [-0.05, 0) is 37.1 Å². The topological polar surface area (TPSA) is 25.2 Å². The van der Waals surface area contributed by atoms with Crippen molar-refractivity contribution < 1.29 is 4.42 Å². The van der Waals surface area contributed by atoms with Crippen molar-refractivity contribution in [2.75, 3.05) is 6.54 Å². The van der Waals surface area contributed by atoms with Crippen molar-refractivity contribution in [2.24, 2.45) is 0 Å². The number of hydrogen-bond donors (Lipinski definition) is 1. The lowest BCUT2D eigenvalue weighted by atomic mass is 9.86. The Labute approximate surface area is 121 Å². The van der Waals surface area contributed by atoms with Gasteiger partial charge in [0.05, 0.1) is 6.04 Å². The fourth-order valence-corrected chi connectivity index (χ4v) is 3.16. The summed E-state index contributed by atoms with van der Waals surface area (Å²) in [5.41, 5.74) is 1.65. The standard InChI is InChI=1S/C18H23NO/c1-3-15-10-11-16(20-15)17(19-4-2)18(12-13-18)14-8-6-5-7-9-14/h5-11,17,19H,3-4,12-13H2,1-2H3. The molecule has 0 aliphatic heterocycles. The van der Waals surface area contributed by atoms with Gasteiger partial charge in [0.1, 0.15) is 11.5 Å². The second kappa shape index (κ2) is 5.45. The van der Waals surface area contributed by atoms with Crippen molar-refractivity contribution in [1.29, 1.82) is 0 Å². The molecule has 0 saturated heterocycles. The normalized spacial score (nSPS) is 17.9. The van der Waals surface area contributed by atoms with Crippen LogP contribution in [0, 0.1) is 0 Å². The maximum atomic E-state index is 6.03. The number of rotatable bonds is 6. The molecule has 1 heterocycles.